The number of aryl methyl sites for hydroxylation is 1. The third-order valence-corrected chi connectivity index (χ3v) is 4.06. The van der Waals surface area contributed by atoms with Crippen LogP contribution in [-0.2, 0) is 0 Å². The van der Waals surface area contributed by atoms with E-state index < -0.39 is 0 Å². The summed E-state index contributed by atoms with van der Waals surface area (Å²) in [7, 11) is 0. The maximum absolute atomic E-state index is 5.97. The largest absolute Gasteiger partial charge is 0.489 e. The van der Waals surface area contributed by atoms with Crippen LogP contribution in [0.3, 0.4) is 0 Å². The molecule has 98 valence electrons. The molecule has 0 saturated heterocycles. The summed E-state index contributed by atoms with van der Waals surface area (Å²) in [6.07, 6.45) is 3.82. The fraction of sp³-hybridized carbons (Fsp3) is 0.529. The predicted molar refractivity (Wildman–Crippen MR) is 77.0 cm³/mol. The van der Waals surface area contributed by atoms with Crippen LogP contribution in [0.5, 0.6) is 5.75 Å². The fourth-order valence-electron chi connectivity index (χ4n) is 2.85. The van der Waals surface area contributed by atoms with Gasteiger partial charge in [-0.15, -0.1) is 0 Å². The Morgan fingerprint density at radius 1 is 1.22 bits per heavy atom. The van der Waals surface area contributed by atoms with E-state index >= 15 is 0 Å². The van der Waals surface area contributed by atoms with Gasteiger partial charge in [-0.2, -0.15) is 0 Å². The second kappa shape index (κ2) is 5.17. The van der Waals surface area contributed by atoms with Crippen molar-refractivity contribution in [2.45, 2.75) is 47.0 Å². The van der Waals surface area contributed by atoms with E-state index in [0.29, 0.717) is 5.41 Å². The summed E-state index contributed by atoms with van der Waals surface area (Å²) >= 11 is 0. The molecule has 0 amide bonds. The second-order valence-electron chi connectivity index (χ2n) is 6.10. The molecule has 0 atom stereocenters. The summed E-state index contributed by atoms with van der Waals surface area (Å²) in [5, 5.41) is 0. The summed E-state index contributed by atoms with van der Waals surface area (Å²) in [5.74, 6) is 0.983. The van der Waals surface area contributed by atoms with Crippen molar-refractivity contribution in [3.8, 4) is 5.75 Å². The van der Waals surface area contributed by atoms with Crippen molar-refractivity contribution in [3.63, 3.8) is 0 Å². The van der Waals surface area contributed by atoms with Crippen LogP contribution in [0.1, 0.15) is 45.6 Å². The minimum atomic E-state index is 0.298. The number of benzene rings is 1. The first-order valence-electron chi connectivity index (χ1n) is 6.87. The van der Waals surface area contributed by atoms with Gasteiger partial charge in [0.2, 0.25) is 0 Å². The molecule has 0 saturated carbocycles. The number of rotatable bonds is 3. The highest BCUT2D eigenvalue weighted by Gasteiger charge is 2.28. The first-order valence-corrected chi connectivity index (χ1v) is 6.87. The Labute approximate surface area is 111 Å². The molecule has 18 heavy (non-hydrogen) atoms. The van der Waals surface area contributed by atoms with Crippen LogP contribution in [0.2, 0.25) is 0 Å². The second-order valence-corrected chi connectivity index (χ2v) is 6.10. The standard InChI is InChI=1S/C17H24O/c1-13-7-5-9-15(11-13)18-12-16-14(2)8-6-10-17(16,3)4/h5,7,9,11H,6,8,10,12H2,1-4H3. The van der Waals surface area contributed by atoms with Gasteiger partial charge in [-0.25, -0.2) is 0 Å². The minimum Gasteiger partial charge on any atom is -0.489 e. The van der Waals surface area contributed by atoms with Crippen molar-refractivity contribution in [1.82, 2.24) is 0 Å². The van der Waals surface area contributed by atoms with Crippen molar-refractivity contribution in [3.05, 3.63) is 41.0 Å². The van der Waals surface area contributed by atoms with Gasteiger partial charge in [-0.05, 0) is 61.8 Å². The van der Waals surface area contributed by atoms with Crippen LogP contribution in [-0.4, -0.2) is 6.61 Å². The first kappa shape index (κ1) is 13.2. The Hall–Kier alpha value is -1.24. The van der Waals surface area contributed by atoms with Crippen molar-refractivity contribution in [2.75, 3.05) is 6.61 Å². The number of hydrogen-bond acceptors (Lipinski definition) is 1. The van der Waals surface area contributed by atoms with Crippen LogP contribution in [0.25, 0.3) is 0 Å². The van der Waals surface area contributed by atoms with E-state index in [2.05, 4.69) is 45.9 Å². The Balaban J connectivity index is 2.09. The van der Waals surface area contributed by atoms with Gasteiger partial charge in [-0.1, -0.05) is 31.6 Å². The van der Waals surface area contributed by atoms with Crippen LogP contribution < -0.4 is 4.74 Å². The van der Waals surface area contributed by atoms with E-state index in [-0.39, 0.29) is 0 Å². The van der Waals surface area contributed by atoms with Gasteiger partial charge in [0.25, 0.3) is 0 Å². The summed E-state index contributed by atoms with van der Waals surface area (Å²) < 4.78 is 5.97. The lowest BCUT2D eigenvalue weighted by molar-refractivity contribution is 0.277. The van der Waals surface area contributed by atoms with Crippen LogP contribution in [0.4, 0.5) is 0 Å². The third-order valence-electron chi connectivity index (χ3n) is 4.06. The fourth-order valence-corrected chi connectivity index (χ4v) is 2.85. The average molecular weight is 244 g/mol. The van der Waals surface area contributed by atoms with Crippen molar-refractivity contribution >= 4 is 0 Å². The van der Waals surface area contributed by atoms with E-state index in [1.54, 1.807) is 0 Å². The molecule has 1 heteroatoms. The van der Waals surface area contributed by atoms with Gasteiger partial charge in [0.15, 0.2) is 0 Å². The highest BCUT2D eigenvalue weighted by atomic mass is 16.5. The summed E-state index contributed by atoms with van der Waals surface area (Å²) in [6.45, 7) is 9.77. The Morgan fingerprint density at radius 3 is 2.67 bits per heavy atom. The third kappa shape index (κ3) is 2.95. The normalized spacial score (nSPS) is 18.9. The summed E-state index contributed by atoms with van der Waals surface area (Å²) in [5.41, 5.74) is 4.57. The quantitative estimate of drug-likeness (QED) is 0.687. The number of allylic oxidation sites excluding steroid dienone is 1. The molecule has 1 aliphatic carbocycles. The number of ether oxygens (including phenoxy) is 1. The maximum Gasteiger partial charge on any atom is 0.120 e. The molecule has 0 bridgehead atoms. The zero-order valence-electron chi connectivity index (χ0n) is 12.0. The average Bonchev–Trinajstić information content (AvgIpc) is 2.27. The zero-order valence-corrected chi connectivity index (χ0v) is 12.0. The Morgan fingerprint density at radius 2 is 2.00 bits per heavy atom. The predicted octanol–water partition coefficient (Wildman–Crippen LogP) is 4.90. The first-order chi connectivity index (χ1) is 8.49. The van der Waals surface area contributed by atoms with E-state index in [0.717, 1.165) is 12.4 Å². The summed E-state index contributed by atoms with van der Waals surface area (Å²) in [6, 6.07) is 8.30. The molecular formula is C17H24O. The maximum atomic E-state index is 5.97. The zero-order chi connectivity index (χ0) is 13.2. The highest BCUT2D eigenvalue weighted by Crippen LogP contribution is 2.40. The molecule has 1 aliphatic rings. The van der Waals surface area contributed by atoms with E-state index in [1.807, 2.05) is 6.07 Å². The molecule has 0 N–H and O–H groups in total. The van der Waals surface area contributed by atoms with Crippen LogP contribution in [0, 0.1) is 12.3 Å². The molecule has 0 fully saturated rings. The number of hydrogen-bond donors (Lipinski definition) is 0. The molecule has 0 aromatic heterocycles. The van der Waals surface area contributed by atoms with Gasteiger partial charge in [-0.3, -0.25) is 0 Å². The molecule has 0 heterocycles. The van der Waals surface area contributed by atoms with Crippen LogP contribution in [0.15, 0.2) is 35.4 Å². The molecule has 1 aromatic carbocycles. The molecule has 0 aliphatic heterocycles. The summed E-state index contributed by atoms with van der Waals surface area (Å²) in [4.78, 5) is 0. The topological polar surface area (TPSA) is 9.23 Å². The molecule has 1 aromatic rings. The van der Waals surface area contributed by atoms with Gasteiger partial charge in [0.1, 0.15) is 12.4 Å². The molecule has 1 nitrogen and oxygen atoms in total. The van der Waals surface area contributed by atoms with Gasteiger partial charge in [0.05, 0.1) is 0 Å². The Kier molecular flexibility index (Phi) is 3.79. The Bertz CT molecular complexity index is 454. The molecular weight excluding hydrogens is 220 g/mol. The van der Waals surface area contributed by atoms with Crippen molar-refractivity contribution in [1.29, 1.82) is 0 Å². The molecule has 0 spiro atoms. The lowest BCUT2D eigenvalue weighted by Gasteiger charge is -2.34. The van der Waals surface area contributed by atoms with Gasteiger partial charge in [0, 0.05) is 0 Å². The lowest BCUT2D eigenvalue weighted by Crippen LogP contribution is -2.24. The molecule has 2 rings (SSSR count). The van der Waals surface area contributed by atoms with Gasteiger partial charge >= 0.3 is 0 Å². The van der Waals surface area contributed by atoms with E-state index in [1.165, 1.54) is 36.0 Å². The van der Waals surface area contributed by atoms with Crippen molar-refractivity contribution < 1.29 is 4.74 Å². The van der Waals surface area contributed by atoms with Crippen LogP contribution >= 0.6 is 0 Å². The van der Waals surface area contributed by atoms with E-state index in [9.17, 15) is 0 Å². The smallest absolute Gasteiger partial charge is 0.120 e. The molecule has 0 radical (unpaired) electrons. The van der Waals surface area contributed by atoms with Crippen molar-refractivity contribution in [2.24, 2.45) is 5.41 Å². The molecule has 0 unspecified atom stereocenters. The lowest BCUT2D eigenvalue weighted by atomic mass is 9.73. The van der Waals surface area contributed by atoms with E-state index in [4.69, 9.17) is 4.74 Å². The monoisotopic (exact) mass is 244 g/mol. The highest BCUT2D eigenvalue weighted by molar-refractivity contribution is 5.29. The van der Waals surface area contributed by atoms with Gasteiger partial charge < -0.3 is 4.74 Å². The SMILES string of the molecule is CC1=C(COc2cccc(C)c2)C(C)(C)CCC1. The minimum absolute atomic E-state index is 0.298.